The van der Waals surface area contributed by atoms with Crippen molar-refractivity contribution in [3.05, 3.63) is 23.8 Å². The van der Waals surface area contributed by atoms with Crippen LogP contribution in [0.25, 0.3) is 0 Å². The van der Waals surface area contributed by atoms with E-state index in [0.29, 0.717) is 0 Å². The Labute approximate surface area is 108 Å². The molecule has 1 N–H and O–H groups in total. The molecule has 0 fully saturated rings. The monoisotopic (exact) mass is 253 g/mol. The molecule has 3 nitrogen and oxygen atoms in total. The van der Waals surface area contributed by atoms with Crippen LogP contribution in [0.4, 0.5) is 0 Å². The lowest BCUT2D eigenvalue weighted by molar-refractivity contribution is 0.354. The Hall–Kier alpha value is -1.29. The molecule has 0 radical (unpaired) electrons. The molecular weight excluding hydrogens is 234 g/mol. The molecule has 0 heterocycles. The van der Waals surface area contributed by atoms with E-state index in [1.54, 1.807) is 14.2 Å². The molecule has 0 aliphatic rings. The third kappa shape index (κ3) is 4.23. The normalized spacial score (nSPS) is 9.82. The zero-order valence-corrected chi connectivity index (χ0v) is 11.4. The number of thiocarbonyl (C=S) groups is 1. The maximum absolute atomic E-state index is 5.26. The first-order valence-electron chi connectivity index (χ1n) is 5.68. The lowest BCUT2D eigenvalue weighted by atomic mass is 10.1. The summed E-state index contributed by atoms with van der Waals surface area (Å²) in [5, 5.41) is 3.14. The number of rotatable bonds is 6. The molecule has 94 valence electrons. The van der Waals surface area contributed by atoms with Crippen LogP contribution in [0.15, 0.2) is 18.2 Å². The Morgan fingerprint density at radius 2 is 1.94 bits per heavy atom. The lowest BCUT2D eigenvalue weighted by Gasteiger charge is -2.10. The van der Waals surface area contributed by atoms with Gasteiger partial charge in [-0.1, -0.05) is 18.3 Å². The van der Waals surface area contributed by atoms with E-state index < -0.39 is 0 Å². The molecule has 0 unspecified atom stereocenters. The molecule has 17 heavy (non-hydrogen) atoms. The summed E-state index contributed by atoms with van der Waals surface area (Å²) < 4.78 is 10.4. The van der Waals surface area contributed by atoms with Crippen molar-refractivity contribution in [3.63, 3.8) is 0 Å². The van der Waals surface area contributed by atoms with Crippen LogP contribution in [-0.2, 0) is 6.42 Å². The molecule has 0 aliphatic heterocycles. The van der Waals surface area contributed by atoms with Crippen LogP contribution in [0.1, 0.15) is 18.9 Å². The summed E-state index contributed by atoms with van der Waals surface area (Å²) in [6, 6.07) is 5.95. The van der Waals surface area contributed by atoms with Crippen LogP contribution in [-0.4, -0.2) is 25.8 Å². The van der Waals surface area contributed by atoms with Crippen LogP contribution >= 0.6 is 12.2 Å². The Bertz CT molecular complexity index is 380. The molecule has 4 heteroatoms. The summed E-state index contributed by atoms with van der Waals surface area (Å²) in [4.78, 5) is 0.905. The first-order valence-corrected chi connectivity index (χ1v) is 6.09. The van der Waals surface area contributed by atoms with E-state index in [4.69, 9.17) is 21.7 Å². The Morgan fingerprint density at radius 3 is 2.53 bits per heavy atom. The first-order chi connectivity index (χ1) is 8.21. The molecule has 0 spiro atoms. The van der Waals surface area contributed by atoms with E-state index in [2.05, 4.69) is 5.32 Å². The van der Waals surface area contributed by atoms with Gasteiger partial charge in [-0.25, -0.2) is 0 Å². The van der Waals surface area contributed by atoms with Crippen molar-refractivity contribution in [1.82, 2.24) is 5.32 Å². The summed E-state index contributed by atoms with van der Waals surface area (Å²) >= 11 is 5.20. The number of hydrogen-bond donors (Lipinski definition) is 1. The number of hydrogen-bond acceptors (Lipinski definition) is 3. The Balaban J connectivity index is 2.63. The van der Waals surface area contributed by atoms with Crippen LogP contribution in [0, 0.1) is 0 Å². The maximum Gasteiger partial charge on any atom is 0.160 e. The molecule has 1 aromatic carbocycles. The summed E-state index contributed by atoms with van der Waals surface area (Å²) in [5.74, 6) is 1.52. The quantitative estimate of drug-likeness (QED) is 0.789. The van der Waals surface area contributed by atoms with Gasteiger partial charge in [0.25, 0.3) is 0 Å². The summed E-state index contributed by atoms with van der Waals surface area (Å²) in [7, 11) is 3.28. The molecule has 0 aromatic heterocycles. The van der Waals surface area contributed by atoms with Crippen molar-refractivity contribution in [2.24, 2.45) is 0 Å². The molecule has 0 bridgehead atoms. The number of methoxy groups -OCH3 is 2. The van der Waals surface area contributed by atoms with Gasteiger partial charge in [-0.15, -0.1) is 0 Å². The van der Waals surface area contributed by atoms with E-state index in [9.17, 15) is 0 Å². The summed E-state index contributed by atoms with van der Waals surface area (Å²) in [6.07, 6.45) is 1.77. The molecular formula is C13H19NO2S. The highest BCUT2D eigenvalue weighted by atomic mass is 32.1. The van der Waals surface area contributed by atoms with Crippen LogP contribution < -0.4 is 14.8 Å². The van der Waals surface area contributed by atoms with Gasteiger partial charge in [0, 0.05) is 13.0 Å². The van der Waals surface area contributed by atoms with E-state index in [0.717, 1.165) is 35.9 Å². The second-order valence-corrected chi connectivity index (χ2v) is 4.14. The average molecular weight is 253 g/mol. The SMILES string of the molecule is CCNC(=S)CCc1ccc(OC)c(OC)c1. The fourth-order valence-electron chi connectivity index (χ4n) is 1.58. The number of benzene rings is 1. The van der Waals surface area contributed by atoms with Gasteiger partial charge in [0.2, 0.25) is 0 Å². The van der Waals surface area contributed by atoms with Crippen molar-refractivity contribution in [3.8, 4) is 11.5 Å². The molecule has 0 saturated heterocycles. The van der Waals surface area contributed by atoms with Gasteiger partial charge in [-0.05, 0) is 31.0 Å². The average Bonchev–Trinajstić information content (AvgIpc) is 2.36. The zero-order chi connectivity index (χ0) is 12.7. The molecule has 0 saturated carbocycles. The molecule has 0 aliphatic carbocycles. The second-order valence-electron chi connectivity index (χ2n) is 3.64. The van der Waals surface area contributed by atoms with Crippen molar-refractivity contribution in [2.75, 3.05) is 20.8 Å². The standard InChI is InChI=1S/C13H19NO2S/c1-4-14-13(17)8-6-10-5-7-11(15-2)12(9-10)16-3/h5,7,9H,4,6,8H2,1-3H3,(H,14,17). The van der Waals surface area contributed by atoms with E-state index in [1.165, 1.54) is 5.56 Å². The largest absolute Gasteiger partial charge is 0.493 e. The Morgan fingerprint density at radius 1 is 1.24 bits per heavy atom. The first kappa shape index (κ1) is 13.8. The van der Waals surface area contributed by atoms with Gasteiger partial charge in [-0.3, -0.25) is 0 Å². The third-order valence-electron chi connectivity index (χ3n) is 2.46. The third-order valence-corrected chi connectivity index (χ3v) is 2.81. The minimum absolute atomic E-state index is 0.755. The van der Waals surface area contributed by atoms with Crippen LogP contribution in [0.5, 0.6) is 11.5 Å². The molecule has 0 atom stereocenters. The van der Waals surface area contributed by atoms with Crippen LogP contribution in [0.3, 0.4) is 0 Å². The highest BCUT2D eigenvalue weighted by Gasteiger charge is 2.05. The predicted molar refractivity (Wildman–Crippen MR) is 74.1 cm³/mol. The minimum atomic E-state index is 0.755. The van der Waals surface area contributed by atoms with Crippen molar-refractivity contribution in [2.45, 2.75) is 19.8 Å². The fraction of sp³-hybridized carbons (Fsp3) is 0.462. The maximum atomic E-state index is 5.26. The second kappa shape index (κ2) is 7.12. The predicted octanol–water partition coefficient (Wildman–Crippen LogP) is 2.57. The van der Waals surface area contributed by atoms with Crippen molar-refractivity contribution >= 4 is 17.2 Å². The van der Waals surface area contributed by atoms with Gasteiger partial charge >= 0.3 is 0 Å². The molecule has 1 aromatic rings. The minimum Gasteiger partial charge on any atom is -0.493 e. The highest BCUT2D eigenvalue weighted by Crippen LogP contribution is 2.27. The van der Waals surface area contributed by atoms with E-state index >= 15 is 0 Å². The lowest BCUT2D eigenvalue weighted by Crippen LogP contribution is -2.20. The van der Waals surface area contributed by atoms with Gasteiger partial charge in [0.05, 0.1) is 19.2 Å². The zero-order valence-electron chi connectivity index (χ0n) is 10.6. The fourth-order valence-corrected chi connectivity index (χ4v) is 1.83. The van der Waals surface area contributed by atoms with Gasteiger partial charge in [0.1, 0.15) is 0 Å². The van der Waals surface area contributed by atoms with E-state index in [1.807, 2.05) is 25.1 Å². The highest BCUT2D eigenvalue weighted by molar-refractivity contribution is 7.80. The number of aryl methyl sites for hydroxylation is 1. The number of nitrogens with one attached hydrogen (secondary N) is 1. The van der Waals surface area contributed by atoms with Crippen molar-refractivity contribution < 1.29 is 9.47 Å². The molecule has 0 amide bonds. The van der Waals surface area contributed by atoms with Gasteiger partial charge in [-0.2, -0.15) is 0 Å². The topological polar surface area (TPSA) is 30.5 Å². The van der Waals surface area contributed by atoms with Crippen molar-refractivity contribution in [1.29, 1.82) is 0 Å². The molecule has 1 rings (SSSR count). The van der Waals surface area contributed by atoms with Gasteiger partial charge in [0.15, 0.2) is 11.5 Å². The van der Waals surface area contributed by atoms with Gasteiger partial charge < -0.3 is 14.8 Å². The van der Waals surface area contributed by atoms with E-state index in [-0.39, 0.29) is 0 Å². The summed E-state index contributed by atoms with van der Waals surface area (Å²) in [5.41, 5.74) is 1.20. The van der Waals surface area contributed by atoms with Crippen LogP contribution in [0.2, 0.25) is 0 Å². The number of ether oxygens (including phenoxy) is 2. The summed E-state index contributed by atoms with van der Waals surface area (Å²) in [6.45, 7) is 2.92. The Kier molecular flexibility index (Phi) is 5.77. The smallest absolute Gasteiger partial charge is 0.160 e.